The summed E-state index contributed by atoms with van der Waals surface area (Å²) in [6, 6.07) is 6.60. The van der Waals surface area contributed by atoms with Crippen LogP contribution in [0.2, 0.25) is 0 Å². The molecule has 15 heavy (non-hydrogen) atoms. The molecule has 0 aliphatic heterocycles. The van der Waals surface area contributed by atoms with Crippen LogP contribution in [-0.4, -0.2) is 0 Å². The number of aryl methyl sites for hydroxylation is 2. The summed E-state index contributed by atoms with van der Waals surface area (Å²) in [5.74, 6) is 0. The third-order valence-electron chi connectivity index (χ3n) is 2.84. The Hall–Kier alpha value is -0.820. The van der Waals surface area contributed by atoms with E-state index in [1.54, 1.807) is 0 Å². The van der Waals surface area contributed by atoms with E-state index in [0.717, 1.165) is 0 Å². The molecule has 0 saturated heterocycles. The standard InChI is InChI=1S/C14H18S/c1-9-7-6-8-11-10(2)13(14(3,4)5)15-12(9)11/h6-8H,1-5H3. The predicted molar refractivity (Wildman–Crippen MR) is 70.0 cm³/mol. The van der Waals surface area contributed by atoms with Gasteiger partial charge in [-0.2, -0.15) is 0 Å². The highest BCUT2D eigenvalue weighted by atomic mass is 32.1. The van der Waals surface area contributed by atoms with Gasteiger partial charge in [-0.1, -0.05) is 39.0 Å². The van der Waals surface area contributed by atoms with E-state index < -0.39 is 0 Å². The van der Waals surface area contributed by atoms with Crippen molar-refractivity contribution in [1.82, 2.24) is 0 Å². The van der Waals surface area contributed by atoms with Crippen molar-refractivity contribution in [3.63, 3.8) is 0 Å². The van der Waals surface area contributed by atoms with Gasteiger partial charge in [-0.25, -0.2) is 0 Å². The normalized spacial score (nSPS) is 12.3. The van der Waals surface area contributed by atoms with Crippen LogP contribution in [0, 0.1) is 13.8 Å². The largest absolute Gasteiger partial charge is 0.139 e. The van der Waals surface area contributed by atoms with Crippen molar-refractivity contribution < 1.29 is 0 Å². The molecule has 1 aromatic carbocycles. The Labute approximate surface area is 95.9 Å². The van der Waals surface area contributed by atoms with Crippen molar-refractivity contribution in [2.45, 2.75) is 40.0 Å². The first-order valence-corrected chi connectivity index (χ1v) is 6.22. The van der Waals surface area contributed by atoms with Crippen LogP contribution in [-0.2, 0) is 5.41 Å². The summed E-state index contributed by atoms with van der Waals surface area (Å²) < 4.78 is 1.46. The highest BCUT2D eigenvalue weighted by Gasteiger charge is 2.20. The number of thiophene rings is 1. The summed E-state index contributed by atoms with van der Waals surface area (Å²) in [6.45, 7) is 11.3. The van der Waals surface area contributed by atoms with E-state index in [0.29, 0.717) is 0 Å². The van der Waals surface area contributed by atoms with E-state index in [1.165, 1.54) is 26.1 Å². The lowest BCUT2D eigenvalue weighted by Crippen LogP contribution is -2.09. The molecule has 0 spiro atoms. The summed E-state index contributed by atoms with van der Waals surface area (Å²) >= 11 is 1.96. The molecular weight excluding hydrogens is 200 g/mol. The highest BCUT2D eigenvalue weighted by molar-refractivity contribution is 7.19. The Bertz CT molecular complexity index is 498. The highest BCUT2D eigenvalue weighted by Crippen LogP contribution is 2.39. The second kappa shape index (κ2) is 3.34. The zero-order chi connectivity index (χ0) is 11.2. The molecule has 0 nitrogen and oxygen atoms in total. The van der Waals surface area contributed by atoms with Crippen molar-refractivity contribution in [2.75, 3.05) is 0 Å². The first-order chi connectivity index (χ1) is 6.91. The van der Waals surface area contributed by atoms with Crippen LogP contribution >= 0.6 is 11.3 Å². The summed E-state index contributed by atoms with van der Waals surface area (Å²) in [4.78, 5) is 1.52. The molecule has 1 aromatic heterocycles. The Balaban J connectivity index is 2.81. The van der Waals surface area contributed by atoms with Gasteiger partial charge in [-0.15, -0.1) is 11.3 Å². The molecule has 0 atom stereocenters. The van der Waals surface area contributed by atoms with Gasteiger partial charge in [0, 0.05) is 9.58 Å². The third-order valence-corrected chi connectivity index (χ3v) is 4.71. The minimum absolute atomic E-state index is 0.264. The predicted octanol–water partition coefficient (Wildman–Crippen LogP) is 4.82. The molecule has 0 unspecified atom stereocenters. The Morgan fingerprint density at radius 1 is 1.07 bits per heavy atom. The molecular formula is C14H18S. The summed E-state index contributed by atoms with van der Waals surface area (Å²) in [5.41, 5.74) is 3.13. The minimum atomic E-state index is 0.264. The zero-order valence-corrected chi connectivity index (χ0v) is 11.0. The molecule has 1 heteroatoms. The van der Waals surface area contributed by atoms with Crippen molar-refractivity contribution in [2.24, 2.45) is 0 Å². The maximum Gasteiger partial charge on any atom is 0.0377 e. The lowest BCUT2D eigenvalue weighted by Gasteiger charge is -2.17. The zero-order valence-electron chi connectivity index (χ0n) is 10.1. The van der Waals surface area contributed by atoms with Crippen molar-refractivity contribution >= 4 is 21.4 Å². The molecule has 0 amide bonds. The minimum Gasteiger partial charge on any atom is -0.139 e. The molecule has 0 radical (unpaired) electrons. The van der Waals surface area contributed by atoms with Gasteiger partial charge < -0.3 is 0 Å². The van der Waals surface area contributed by atoms with Gasteiger partial charge in [-0.3, -0.25) is 0 Å². The monoisotopic (exact) mass is 218 g/mol. The molecule has 0 N–H and O–H groups in total. The van der Waals surface area contributed by atoms with Crippen LogP contribution in [0.5, 0.6) is 0 Å². The maximum atomic E-state index is 2.29. The Morgan fingerprint density at radius 3 is 2.27 bits per heavy atom. The Kier molecular flexibility index (Phi) is 2.38. The Morgan fingerprint density at radius 2 is 1.73 bits per heavy atom. The van der Waals surface area contributed by atoms with Gasteiger partial charge in [-0.05, 0) is 35.8 Å². The third kappa shape index (κ3) is 1.69. The lowest BCUT2D eigenvalue weighted by atomic mass is 9.91. The van der Waals surface area contributed by atoms with Gasteiger partial charge >= 0.3 is 0 Å². The van der Waals surface area contributed by atoms with Gasteiger partial charge in [0.15, 0.2) is 0 Å². The molecule has 0 bridgehead atoms. The van der Waals surface area contributed by atoms with Crippen LogP contribution in [0.4, 0.5) is 0 Å². The van der Waals surface area contributed by atoms with Gasteiger partial charge in [0.2, 0.25) is 0 Å². The molecule has 2 aromatic rings. The van der Waals surface area contributed by atoms with E-state index in [1.807, 2.05) is 11.3 Å². The smallest absolute Gasteiger partial charge is 0.0377 e. The molecule has 0 aliphatic carbocycles. The molecule has 1 heterocycles. The quantitative estimate of drug-likeness (QED) is 0.595. The van der Waals surface area contributed by atoms with E-state index in [9.17, 15) is 0 Å². The molecule has 2 rings (SSSR count). The first-order valence-electron chi connectivity index (χ1n) is 5.40. The van der Waals surface area contributed by atoms with Crippen molar-refractivity contribution in [1.29, 1.82) is 0 Å². The summed E-state index contributed by atoms with van der Waals surface area (Å²) in [7, 11) is 0. The van der Waals surface area contributed by atoms with E-state index in [4.69, 9.17) is 0 Å². The number of fused-ring (bicyclic) bond motifs is 1. The molecule has 0 saturated carbocycles. The number of benzene rings is 1. The van der Waals surface area contributed by atoms with Crippen LogP contribution < -0.4 is 0 Å². The fourth-order valence-corrected chi connectivity index (χ4v) is 3.43. The number of hydrogen-bond acceptors (Lipinski definition) is 1. The van der Waals surface area contributed by atoms with E-state index in [2.05, 4.69) is 52.8 Å². The topological polar surface area (TPSA) is 0 Å². The van der Waals surface area contributed by atoms with Crippen molar-refractivity contribution in [3.05, 3.63) is 34.2 Å². The summed E-state index contributed by atoms with van der Waals surface area (Å²) in [5, 5.41) is 1.44. The molecule has 0 fully saturated rings. The van der Waals surface area contributed by atoms with Crippen LogP contribution in [0.15, 0.2) is 18.2 Å². The molecule has 80 valence electrons. The van der Waals surface area contributed by atoms with Gasteiger partial charge in [0.05, 0.1) is 0 Å². The average molecular weight is 218 g/mol. The maximum absolute atomic E-state index is 2.29. The first kappa shape index (κ1) is 10.7. The van der Waals surface area contributed by atoms with Crippen LogP contribution in [0.1, 0.15) is 36.8 Å². The lowest BCUT2D eigenvalue weighted by molar-refractivity contribution is 0.601. The van der Waals surface area contributed by atoms with Crippen LogP contribution in [0.3, 0.4) is 0 Å². The fourth-order valence-electron chi connectivity index (χ4n) is 2.10. The average Bonchev–Trinajstić information content (AvgIpc) is 2.45. The second-order valence-corrected chi connectivity index (χ2v) is 6.28. The number of hydrogen-bond donors (Lipinski definition) is 0. The van der Waals surface area contributed by atoms with E-state index >= 15 is 0 Å². The van der Waals surface area contributed by atoms with Gasteiger partial charge in [0.25, 0.3) is 0 Å². The fraction of sp³-hybridized carbons (Fsp3) is 0.429. The van der Waals surface area contributed by atoms with Gasteiger partial charge in [0.1, 0.15) is 0 Å². The molecule has 0 aliphatic rings. The summed E-state index contributed by atoms with van der Waals surface area (Å²) in [6.07, 6.45) is 0. The van der Waals surface area contributed by atoms with Crippen molar-refractivity contribution in [3.8, 4) is 0 Å². The van der Waals surface area contributed by atoms with Crippen LogP contribution in [0.25, 0.3) is 10.1 Å². The SMILES string of the molecule is Cc1c(C(C)(C)C)sc2c(C)cccc12. The second-order valence-electron chi connectivity index (χ2n) is 5.26. The number of rotatable bonds is 0. The van der Waals surface area contributed by atoms with E-state index in [-0.39, 0.29) is 5.41 Å².